The highest BCUT2D eigenvalue weighted by Crippen LogP contribution is 2.19. The lowest BCUT2D eigenvalue weighted by molar-refractivity contribution is -0.167. The molecule has 6 nitrogen and oxygen atoms in total. The van der Waals surface area contributed by atoms with Gasteiger partial charge in [0.25, 0.3) is 0 Å². The number of carbonyl (C=O) groups is 3. The molecule has 0 aromatic heterocycles. The minimum absolute atomic E-state index is 0.0657. The summed E-state index contributed by atoms with van der Waals surface area (Å²) in [5, 5.41) is 0. The predicted molar refractivity (Wildman–Crippen MR) is 340 cm³/mol. The third-order valence-electron chi connectivity index (χ3n) is 16.5. The largest absolute Gasteiger partial charge is 0.462 e. The Labute approximate surface area is 488 Å². The summed E-state index contributed by atoms with van der Waals surface area (Å²) >= 11 is 0. The van der Waals surface area contributed by atoms with Crippen LogP contribution in [-0.4, -0.2) is 37.2 Å². The maximum absolute atomic E-state index is 12.9. The molecular weight excluding hydrogens is 961 g/mol. The molecule has 0 heterocycles. The molecule has 0 saturated carbocycles. The van der Waals surface area contributed by atoms with E-state index >= 15 is 0 Å². The van der Waals surface area contributed by atoms with Gasteiger partial charge in [0.1, 0.15) is 13.2 Å². The molecule has 0 amide bonds. The molecule has 0 aromatic rings. The Morgan fingerprint density at radius 1 is 0.244 bits per heavy atom. The summed E-state index contributed by atoms with van der Waals surface area (Å²) in [5.41, 5.74) is 0. The van der Waals surface area contributed by atoms with Gasteiger partial charge < -0.3 is 14.2 Å². The highest BCUT2D eigenvalue weighted by atomic mass is 16.6. The Hall–Kier alpha value is -1.85. The van der Waals surface area contributed by atoms with Crippen LogP contribution >= 0.6 is 0 Å². The molecule has 0 rings (SSSR count). The van der Waals surface area contributed by atoms with Gasteiger partial charge in [0.15, 0.2) is 6.10 Å². The van der Waals surface area contributed by atoms with Crippen molar-refractivity contribution < 1.29 is 28.6 Å². The van der Waals surface area contributed by atoms with Gasteiger partial charge in [0, 0.05) is 19.3 Å². The average molecular weight is 1100 g/mol. The molecular formula is C72H138O6. The Kier molecular flexibility index (Phi) is 66.0. The smallest absolute Gasteiger partial charge is 0.306 e. The van der Waals surface area contributed by atoms with Crippen molar-refractivity contribution in [2.45, 2.75) is 419 Å². The first-order valence-electron chi connectivity index (χ1n) is 35.7. The molecule has 0 bridgehead atoms. The van der Waals surface area contributed by atoms with Crippen LogP contribution in [0.3, 0.4) is 0 Å². The summed E-state index contributed by atoms with van der Waals surface area (Å²) in [5.74, 6) is -0.839. The summed E-state index contributed by atoms with van der Waals surface area (Å²) < 4.78 is 17.0. The van der Waals surface area contributed by atoms with E-state index in [1.54, 1.807) is 0 Å². The second kappa shape index (κ2) is 67.7. The topological polar surface area (TPSA) is 78.9 Å². The lowest BCUT2D eigenvalue weighted by Gasteiger charge is -2.18. The van der Waals surface area contributed by atoms with Gasteiger partial charge in [0.05, 0.1) is 0 Å². The summed E-state index contributed by atoms with van der Waals surface area (Å²) in [6.07, 6.45) is 81.1. The molecule has 78 heavy (non-hydrogen) atoms. The predicted octanol–water partition coefficient (Wildman–Crippen LogP) is 24.4. The Bertz CT molecular complexity index is 1210. The fourth-order valence-corrected chi connectivity index (χ4v) is 11.2. The molecule has 0 aliphatic rings. The van der Waals surface area contributed by atoms with Crippen LogP contribution in [0.15, 0.2) is 12.2 Å². The molecule has 1 unspecified atom stereocenters. The van der Waals surface area contributed by atoms with Crippen molar-refractivity contribution in [3.63, 3.8) is 0 Å². The van der Waals surface area contributed by atoms with E-state index in [-0.39, 0.29) is 31.1 Å². The third kappa shape index (κ3) is 65.0. The molecule has 6 heteroatoms. The van der Waals surface area contributed by atoms with Crippen molar-refractivity contribution in [1.82, 2.24) is 0 Å². The first kappa shape index (κ1) is 76.1. The second-order valence-corrected chi connectivity index (χ2v) is 24.5. The van der Waals surface area contributed by atoms with Gasteiger partial charge in [0.2, 0.25) is 0 Å². The molecule has 0 radical (unpaired) electrons. The average Bonchev–Trinajstić information content (AvgIpc) is 3.44. The van der Waals surface area contributed by atoms with Crippen molar-refractivity contribution in [3.05, 3.63) is 12.2 Å². The fourth-order valence-electron chi connectivity index (χ4n) is 11.2. The van der Waals surface area contributed by atoms with Crippen LogP contribution in [0.4, 0.5) is 0 Å². The van der Waals surface area contributed by atoms with Crippen molar-refractivity contribution in [2.24, 2.45) is 0 Å². The first-order chi connectivity index (χ1) is 38.5. The molecule has 0 saturated heterocycles. The van der Waals surface area contributed by atoms with Crippen LogP contribution in [0.25, 0.3) is 0 Å². The van der Waals surface area contributed by atoms with E-state index in [4.69, 9.17) is 14.2 Å². The number of unbranched alkanes of at least 4 members (excludes halogenated alkanes) is 54. The van der Waals surface area contributed by atoms with E-state index in [9.17, 15) is 14.4 Å². The van der Waals surface area contributed by atoms with Crippen molar-refractivity contribution in [3.8, 4) is 0 Å². The van der Waals surface area contributed by atoms with Gasteiger partial charge in [-0.1, -0.05) is 360 Å². The van der Waals surface area contributed by atoms with Crippen molar-refractivity contribution >= 4 is 17.9 Å². The number of hydrogen-bond donors (Lipinski definition) is 0. The van der Waals surface area contributed by atoms with E-state index in [0.717, 1.165) is 64.2 Å². The molecule has 0 aliphatic heterocycles. The quantitative estimate of drug-likeness (QED) is 0.0261. The minimum Gasteiger partial charge on any atom is -0.462 e. The second-order valence-electron chi connectivity index (χ2n) is 24.5. The Morgan fingerprint density at radius 3 is 0.654 bits per heavy atom. The van der Waals surface area contributed by atoms with E-state index in [0.29, 0.717) is 19.3 Å². The van der Waals surface area contributed by atoms with E-state index in [1.807, 2.05) is 0 Å². The summed E-state index contributed by atoms with van der Waals surface area (Å²) in [4.78, 5) is 38.4. The van der Waals surface area contributed by atoms with Crippen LogP contribution < -0.4 is 0 Å². The number of ether oxygens (including phenoxy) is 3. The van der Waals surface area contributed by atoms with Gasteiger partial charge in [-0.25, -0.2) is 0 Å². The molecule has 0 fully saturated rings. The van der Waals surface area contributed by atoms with Gasteiger partial charge in [-0.05, 0) is 44.9 Å². The molecule has 462 valence electrons. The number of carbonyl (C=O) groups excluding carboxylic acids is 3. The highest BCUT2D eigenvalue weighted by molar-refractivity contribution is 5.71. The van der Waals surface area contributed by atoms with E-state index < -0.39 is 6.10 Å². The Balaban J connectivity index is 4.19. The van der Waals surface area contributed by atoms with Crippen LogP contribution in [0, 0.1) is 0 Å². The molecule has 0 aliphatic carbocycles. The van der Waals surface area contributed by atoms with Gasteiger partial charge in [-0.2, -0.15) is 0 Å². The minimum atomic E-state index is -0.770. The lowest BCUT2D eigenvalue weighted by Crippen LogP contribution is -2.30. The van der Waals surface area contributed by atoms with Crippen molar-refractivity contribution in [2.75, 3.05) is 13.2 Å². The Morgan fingerprint density at radius 2 is 0.423 bits per heavy atom. The first-order valence-corrected chi connectivity index (χ1v) is 35.7. The standard InChI is InChI=1S/C72H138O6/c1-4-7-10-13-16-19-22-25-27-29-31-33-34-35-36-37-39-40-42-44-47-50-53-56-59-62-65-71(74)77-68-69(67-76-70(73)64-61-58-55-52-49-46-24-21-18-15-12-9-6-3)78-72(75)66-63-60-57-54-51-48-45-43-41-38-32-30-28-26-23-20-17-14-11-8-5-2/h21,24,69H,4-20,22-23,25-68H2,1-3H3/b24-21-. The number of rotatable bonds is 67. The summed E-state index contributed by atoms with van der Waals surface area (Å²) in [6, 6.07) is 0. The van der Waals surface area contributed by atoms with Crippen LogP contribution in [0.5, 0.6) is 0 Å². The third-order valence-corrected chi connectivity index (χ3v) is 16.5. The van der Waals surface area contributed by atoms with Gasteiger partial charge in [-0.15, -0.1) is 0 Å². The van der Waals surface area contributed by atoms with Crippen LogP contribution in [0.1, 0.15) is 412 Å². The molecule has 0 N–H and O–H groups in total. The number of allylic oxidation sites excluding steroid dienone is 2. The van der Waals surface area contributed by atoms with Crippen molar-refractivity contribution in [1.29, 1.82) is 0 Å². The monoisotopic (exact) mass is 1100 g/mol. The SMILES string of the molecule is CCCCCC/C=C\CCCCCCCC(=O)OCC(COC(=O)CCCCCCCCCCCCCCCCCCCCCCCCCCCC)OC(=O)CCCCCCCCCCCCCCCCCCCCCCC. The molecule has 0 aromatic carbocycles. The van der Waals surface area contributed by atoms with Crippen LogP contribution in [0.2, 0.25) is 0 Å². The molecule has 1 atom stereocenters. The zero-order valence-electron chi connectivity index (χ0n) is 53.2. The lowest BCUT2D eigenvalue weighted by atomic mass is 10.0. The van der Waals surface area contributed by atoms with E-state index in [2.05, 4.69) is 32.9 Å². The number of esters is 3. The zero-order valence-corrected chi connectivity index (χ0v) is 53.2. The molecule has 0 spiro atoms. The normalized spacial score (nSPS) is 12.0. The van der Waals surface area contributed by atoms with E-state index in [1.165, 1.54) is 308 Å². The maximum atomic E-state index is 12.9. The zero-order chi connectivity index (χ0) is 56.4. The maximum Gasteiger partial charge on any atom is 0.306 e. The van der Waals surface area contributed by atoms with Crippen LogP contribution in [-0.2, 0) is 28.6 Å². The summed E-state index contributed by atoms with van der Waals surface area (Å²) in [6.45, 7) is 6.71. The van der Waals surface area contributed by atoms with Gasteiger partial charge >= 0.3 is 17.9 Å². The summed E-state index contributed by atoms with van der Waals surface area (Å²) in [7, 11) is 0. The highest BCUT2D eigenvalue weighted by Gasteiger charge is 2.19. The number of hydrogen-bond acceptors (Lipinski definition) is 6. The fraction of sp³-hybridized carbons (Fsp3) is 0.931. The van der Waals surface area contributed by atoms with Gasteiger partial charge in [-0.3, -0.25) is 14.4 Å².